The third-order valence-electron chi connectivity index (χ3n) is 3.55. The van der Waals surface area contributed by atoms with Crippen LogP contribution in [0.5, 0.6) is 5.75 Å². The van der Waals surface area contributed by atoms with Crippen LogP contribution in [0.15, 0.2) is 48.5 Å². The van der Waals surface area contributed by atoms with Gasteiger partial charge in [0.15, 0.2) is 6.71 Å². The van der Waals surface area contributed by atoms with E-state index < -0.39 is 0 Å². The van der Waals surface area contributed by atoms with Crippen molar-refractivity contribution in [3.05, 3.63) is 59.7 Å². The minimum Gasteiger partial charge on any atom is -0.489 e. The highest BCUT2D eigenvalue weighted by molar-refractivity contribution is 6.71. The Labute approximate surface area is 123 Å². The van der Waals surface area contributed by atoms with Crippen LogP contribution in [0.2, 0.25) is 13.6 Å². The quantitative estimate of drug-likeness (QED) is 0.731. The molecular formula is C18H23BO. The van der Waals surface area contributed by atoms with Gasteiger partial charge in [-0.2, -0.15) is 0 Å². The highest BCUT2D eigenvalue weighted by Gasteiger charge is 2.13. The Morgan fingerprint density at radius 2 is 1.70 bits per heavy atom. The maximum Gasteiger partial charge on any atom is 0.169 e. The van der Waals surface area contributed by atoms with Gasteiger partial charge in [0, 0.05) is 0 Å². The van der Waals surface area contributed by atoms with E-state index in [9.17, 15) is 0 Å². The Morgan fingerprint density at radius 3 is 2.30 bits per heavy atom. The molecule has 0 aromatic heterocycles. The van der Waals surface area contributed by atoms with Gasteiger partial charge in [-0.3, -0.25) is 0 Å². The van der Waals surface area contributed by atoms with Crippen LogP contribution in [-0.4, -0.2) is 6.71 Å². The fourth-order valence-corrected chi connectivity index (χ4v) is 2.41. The smallest absolute Gasteiger partial charge is 0.169 e. The number of hydrogen-bond donors (Lipinski definition) is 0. The number of ether oxygens (including phenoxy) is 1. The molecule has 0 amide bonds. The Kier molecular flexibility index (Phi) is 4.89. The Balaban J connectivity index is 2.15. The van der Waals surface area contributed by atoms with Gasteiger partial charge in [-0.1, -0.05) is 69.4 Å². The lowest BCUT2D eigenvalue weighted by atomic mass is 9.48. The molecule has 2 aromatic carbocycles. The molecule has 0 fully saturated rings. The van der Waals surface area contributed by atoms with Crippen LogP contribution in [0, 0.1) is 0 Å². The van der Waals surface area contributed by atoms with Gasteiger partial charge in [0.05, 0.1) is 0 Å². The summed E-state index contributed by atoms with van der Waals surface area (Å²) in [6, 6.07) is 16.8. The highest BCUT2D eigenvalue weighted by Crippen LogP contribution is 2.20. The summed E-state index contributed by atoms with van der Waals surface area (Å²) >= 11 is 0. The van der Waals surface area contributed by atoms with Crippen LogP contribution in [0.4, 0.5) is 0 Å². The molecule has 0 N–H and O–H groups in total. The van der Waals surface area contributed by atoms with Crippen LogP contribution >= 0.6 is 0 Å². The summed E-state index contributed by atoms with van der Waals surface area (Å²) in [5, 5.41) is 0. The fourth-order valence-electron chi connectivity index (χ4n) is 2.41. The van der Waals surface area contributed by atoms with Gasteiger partial charge < -0.3 is 4.74 Å². The largest absolute Gasteiger partial charge is 0.489 e. The van der Waals surface area contributed by atoms with Crippen molar-refractivity contribution in [3.8, 4) is 5.75 Å². The second kappa shape index (κ2) is 6.65. The first-order valence-electron chi connectivity index (χ1n) is 7.38. The molecule has 0 atom stereocenters. The van der Waals surface area contributed by atoms with Crippen molar-refractivity contribution in [2.75, 3.05) is 0 Å². The molecule has 0 bridgehead atoms. The lowest BCUT2D eigenvalue weighted by Gasteiger charge is -2.16. The molecule has 0 saturated heterocycles. The van der Waals surface area contributed by atoms with Crippen molar-refractivity contribution in [3.63, 3.8) is 0 Å². The highest BCUT2D eigenvalue weighted by atomic mass is 16.5. The van der Waals surface area contributed by atoms with E-state index in [1.165, 1.54) is 16.6 Å². The van der Waals surface area contributed by atoms with Gasteiger partial charge >= 0.3 is 0 Å². The predicted octanol–water partition coefficient (Wildman–Crippen LogP) is 4.35. The van der Waals surface area contributed by atoms with E-state index in [1.54, 1.807) is 0 Å². The van der Waals surface area contributed by atoms with Crippen molar-refractivity contribution in [2.45, 2.75) is 40.0 Å². The van der Waals surface area contributed by atoms with Crippen LogP contribution in [0.3, 0.4) is 0 Å². The molecule has 0 heterocycles. The summed E-state index contributed by atoms with van der Waals surface area (Å²) in [5.74, 6) is 1.48. The van der Waals surface area contributed by atoms with E-state index in [2.05, 4.69) is 57.8 Å². The molecule has 20 heavy (non-hydrogen) atoms. The third-order valence-corrected chi connectivity index (χ3v) is 3.55. The topological polar surface area (TPSA) is 9.23 Å². The fraction of sp³-hybridized carbons (Fsp3) is 0.333. The number of hydrogen-bond acceptors (Lipinski definition) is 1. The van der Waals surface area contributed by atoms with Crippen molar-refractivity contribution in [1.29, 1.82) is 0 Å². The predicted molar refractivity (Wildman–Crippen MR) is 88.4 cm³/mol. The minimum atomic E-state index is 0.521. The normalized spacial score (nSPS) is 10.7. The second-order valence-corrected chi connectivity index (χ2v) is 5.87. The molecule has 0 aliphatic rings. The molecule has 0 aliphatic heterocycles. The zero-order valence-electron chi connectivity index (χ0n) is 12.9. The van der Waals surface area contributed by atoms with Crippen LogP contribution in [0.25, 0.3) is 0 Å². The van der Waals surface area contributed by atoms with Gasteiger partial charge in [0.2, 0.25) is 0 Å². The Hall–Kier alpha value is -1.70. The third kappa shape index (κ3) is 3.66. The zero-order valence-corrected chi connectivity index (χ0v) is 12.9. The van der Waals surface area contributed by atoms with Crippen molar-refractivity contribution in [2.24, 2.45) is 0 Å². The minimum absolute atomic E-state index is 0.521. The zero-order chi connectivity index (χ0) is 14.5. The van der Waals surface area contributed by atoms with Gasteiger partial charge in [-0.05, 0) is 29.2 Å². The van der Waals surface area contributed by atoms with Gasteiger partial charge in [-0.25, -0.2) is 0 Å². The van der Waals surface area contributed by atoms with Gasteiger partial charge in [0.1, 0.15) is 12.4 Å². The summed E-state index contributed by atoms with van der Waals surface area (Å²) in [6.45, 7) is 10.1. The maximum absolute atomic E-state index is 5.92. The molecule has 1 nitrogen and oxygen atoms in total. The molecule has 0 aliphatic carbocycles. The van der Waals surface area contributed by atoms with E-state index in [0.29, 0.717) is 19.2 Å². The van der Waals surface area contributed by atoms with Gasteiger partial charge in [-0.15, -0.1) is 0 Å². The summed E-state index contributed by atoms with van der Waals surface area (Å²) in [6.07, 6.45) is 0. The lowest BCUT2D eigenvalue weighted by Crippen LogP contribution is -2.27. The van der Waals surface area contributed by atoms with E-state index in [0.717, 1.165) is 5.75 Å². The summed E-state index contributed by atoms with van der Waals surface area (Å²) in [4.78, 5) is 0. The summed E-state index contributed by atoms with van der Waals surface area (Å²) in [7, 11) is 0. The van der Waals surface area contributed by atoms with E-state index in [-0.39, 0.29) is 0 Å². The second-order valence-electron chi connectivity index (χ2n) is 5.87. The van der Waals surface area contributed by atoms with Crippen molar-refractivity contribution < 1.29 is 4.74 Å². The molecule has 0 spiro atoms. The standard InChI is InChI=1S/C18H23BO/c1-14(2)17-12-16(10-11-18(17)19(3)4)20-13-15-8-6-5-7-9-15/h5-12,14H,13H2,1-4H3. The van der Waals surface area contributed by atoms with Crippen LogP contribution < -0.4 is 10.2 Å². The first-order valence-corrected chi connectivity index (χ1v) is 7.38. The molecule has 0 radical (unpaired) electrons. The first kappa shape index (κ1) is 14.7. The molecule has 104 valence electrons. The van der Waals surface area contributed by atoms with Crippen molar-refractivity contribution in [1.82, 2.24) is 0 Å². The average molecular weight is 266 g/mol. The van der Waals surface area contributed by atoms with Gasteiger partial charge in [0.25, 0.3) is 0 Å². The first-order chi connectivity index (χ1) is 9.58. The van der Waals surface area contributed by atoms with E-state index in [1.807, 2.05) is 18.2 Å². The number of rotatable bonds is 5. The van der Waals surface area contributed by atoms with Crippen LogP contribution in [0.1, 0.15) is 30.9 Å². The maximum atomic E-state index is 5.92. The molecule has 0 unspecified atom stereocenters. The molecular weight excluding hydrogens is 243 g/mol. The lowest BCUT2D eigenvalue weighted by molar-refractivity contribution is 0.306. The molecule has 2 heteroatoms. The van der Waals surface area contributed by atoms with E-state index in [4.69, 9.17) is 4.74 Å². The monoisotopic (exact) mass is 266 g/mol. The Morgan fingerprint density at radius 1 is 1.00 bits per heavy atom. The van der Waals surface area contributed by atoms with Crippen LogP contribution in [-0.2, 0) is 6.61 Å². The molecule has 2 rings (SSSR count). The van der Waals surface area contributed by atoms with Crippen molar-refractivity contribution >= 4 is 12.2 Å². The average Bonchev–Trinajstić information content (AvgIpc) is 2.45. The molecule has 0 saturated carbocycles. The Bertz CT molecular complexity index is 547. The SMILES string of the molecule is CB(C)c1ccc(OCc2ccccc2)cc1C(C)C. The molecule has 2 aromatic rings. The number of benzene rings is 2. The summed E-state index contributed by atoms with van der Waals surface area (Å²) in [5.41, 5.74) is 4.02. The van der Waals surface area contributed by atoms with E-state index >= 15 is 0 Å². The summed E-state index contributed by atoms with van der Waals surface area (Å²) < 4.78 is 5.92.